The van der Waals surface area contributed by atoms with Gasteiger partial charge in [0.15, 0.2) is 5.75 Å². The average Bonchev–Trinajstić information content (AvgIpc) is 2.69. The third-order valence-corrected chi connectivity index (χ3v) is 5.56. The topological polar surface area (TPSA) is 72.4 Å². The predicted octanol–water partition coefficient (Wildman–Crippen LogP) is 4.23. The molecule has 6 nitrogen and oxygen atoms in total. The van der Waals surface area contributed by atoms with E-state index in [0.29, 0.717) is 27.1 Å². The number of nitrogens with zero attached hydrogens (tertiary/aromatic N) is 1. The Balaban J connectivity index is 2.08. The van der Waals surface area contributed by atoms with E-state index >= 15 is 0 Å². The fourth-order valence-electron chi connectivity index (χ4n) is 2.63. The van der Waals surface area contributed by atoms with Gasteiger partial charge in [0.2, 0.25) is 0 Å². The van der Waals surface area contributed by atoms with Crippen LogP contribution in [0.15, 0.2) is 64.3 Å². The number of hydrogen-bond donors (Lipinski definition) is 2. The quantitative estimate of drug-likeness (QED) is 0.629. The molecule has 0 saturated carbocycles. The highest BCUT2D eigenvalue weighted by atomic mass is 35.5. The molecule has 0 aliphatic rings. The molecule has 8 heteroatoms. The van der Waals surface area contributed by atoms with Gasteiger partial charge in [-0.3, -0.25) is 14.1 Å². The van der Waals surface area contributed by atoms with E-state index in [1.807, 2.05) is 31.2 Å². The summed E-state index contributed by atoms with van der Waals surface area (Å²) in [5.41, 5.74) is 1.74. The smallest absolute Gasteiger partial charge is 0.255 e. The van der Waals surface area contributed by atoms with Crippen LogP contribution in [-0.2, 0) is 18.0 Å². The van der Waals surface area contributed by atoms with Gasteiger partial charge in [0, 0.05) is 13.1 Å². The molecule has 28 heavy (non-hydrogen) atoms. The molecule has 0 bridgehead atoms. The zero-order valence-corrected chi connectivity index (χ0v) is 17.2. The first-order chi connectivity index (χ1) is 13.4. The van der Waals surface area contributed by atoms with E-state index < -0.39 is 11.0 Å². The standard InChI is InChI=1S/C20H20ClN3O3S/c1-13-9-10-16(15(21)11-13)22-20-19(17(27-3)12-18(25)24(20)2)23-28(26)14-7-5-4-6-8-14/h4-12,22-23H,1-3H3. The van der Waals surface area contributed by atoms with E-state index in [2.05, 4.69) is 10.0 Å². The van der Waals surface area contributed by atoms with Crippen LogP contribution in [0.4, 0.5) is 17.2 Å². The molecule has 1 heterocycles. The van der Waals surface area contributed by atoms with E-state index in [1.54, 1.807) is 31.3 Å². The van der Waals surface area contributed by atoms with Crippen molar-refractivity contribution in [1.29, 1.82) is 0 Å². The van der Waals surface area contributed by atoms with Gasteiger partial charge >= 0.3 is 0 Å². The van der Waals surface area contributed by atoms with Gasteiger partial charge < -0.3 is 10.1 Å². The number of hydrogen-bond acceptors (Lipinski definition) is 4. The summed E-state index contributed by atoms with van der Waals surface area (Å²) in [6.45, 7) is 1.94. The number of aromatic nitrogens is 1. The second-order valence-corrected chi connectivity index (χ2v) is 7.75. The lowest BCUT2D eigenvalue weighted by molar-refractivity contribution is 0.415. The van der Waals surface area contributed by atoms with Gasteiger partial charge in [-0.05, 0) is 36.8 Å². The van der Waals surface area contributed by atoms with Crippen LogP contribution in [0.5, 0.6) is 5.75 Å². The first kappa shape index (κ1) is 20.0. The summed E-state index contributed by atoms with van der Waals surface area (Å²) in [6, 6.07) is 15.8. The maximum Gasteiger partial charge on any atom is 0.255 e. The van der Waals surface area contributed by atoms with E-state index in [4.69, 9.17) is 16.3 Å². The molecule has 0 fully saturated rings. The van der Waals surface area contributed by atoms with Crippen molar-refractivity contribution in [2.45, 2.75) is 11.8 Å². The Hall–Kier alpha value is -2.77. The molecular formula is C20H20ClN3O3S. The van der Waals surface area contributed by atoms with E-state index in [9.17, 15) is 9.00 Å². The summed E-state index contributed by atoms with van der Waals surface area (Å²) in [7, 11) is 1.51. The highest BCUT2D eigenvalue weighted by Crippen LogP contribution is 2.35. The van der Waals surface area contributed by atoms with Gasteiger partial charge in [-0.25, -0.2) is 4.21 Å². The van der Waals surface area contributed by atoms with Crippen LogP contribution in [0.25, 0.3) is 0 Å². The van der Waals surface area contributed by atoms with Gasteiger partial charge in [-0.15, -0.1) is 0 Å². The molecule has 0 aliphatic heterocycles. The highest BCUT2D eigenvalue weighted by molar-refractivity contribution is 7.86. The molecule has 2 N–H and O–H groups in total. The monoisotopic (exact) mass is 417 g/mol. The van der Waals surface area contributed by atoms with Gasteiger partial charge in [-0.1, -0.05) is 35.9 Å². The van der Waals surface area contributed by atoms with Crippen molar-refractivity contribution in [1.82, 2.24) is 4.57 Å². The third kappa shape index (κ3) is 4.21. The summed E-state index contributed by atoms with van der Waals surface area (Å²) in [6.07, 6.45) is 0. The highest BCUT2D eigenvalue weighted by Gasteiger charge is 2.18. The van der Waals surface area contributed by atoms with Crippen LogP contribution in [-0.4, -0.2) is 15.9 Å². The lowest BCUT2D eigenvalue weighted by Crippen LogP contribution is -2.22. The number of aryl methyl sites for hydroxylation is 1. The number of halogens is 1. The zero-order valence-electron chi connectivity index (χ0n) is 15.7. The maximum atomic E-state index is 12.8. The average molecular weight is 418 g/mol. The van der Waals surface area contributed by atoms with Crippen molar-refractivity contribution in [2.24, 2.45) is 7.05 Å². The second-order valence-electron chi connectivity index (χ2n) is 6.13. The normalized spacial score (nSPS) is 11.7. The molecule has 1 aromatic heterocycles. The second kappa shape index (κ2) is 8.50. The van der Waals surface area contributed by atoms with Crippen molar-refractivity contribution in [3.63, 3.8) is 0 Å². The maximum absolute atomic E-state index is 12.8. The van der Waals surface area contributed by atoms with E-state index in [0.717, 1.165) is 5.56 Å². The molecule has 0 spiro atoms. The van der Waals surface area contributed by atoms with Crippen molar-refractivity contribution in [2.75, 3.05) is 17.1 Å². The molecule has 0 radical (unpaired) electrons. The molecule has 1 unspecified atom stereocenters. The summed E-state index contributed by atoms with van der Waals surface area (Å²) in [4.78, 5) is 13.0. The van der Waals surface area contributed by atoms with Crippen LogP contribution in [0, 0.1) is 6.92 Å². The Kier molecular flexibility index (Phi) is 6.06. The SMILES string of the molecule is COc1cc(=O)n(C)c(Nc2ccc(C)cc2Cl)c1NS(=O)c1ccccc1. The third-order valence-electron chi connectivity index (χ3n) is 4.15. The molecule has 1 atom stereocenters. The largest absolute Gasteiger partial charge is 0.494 e. The number of pyridine rings is 1. The van der Waals surface area contributed by atoms with E-state index in [-0.39, 0.29) is 11.3 Å². The van der Waals surface area contributed by atoms with Gasteiger partial charge in [0.1, 0.15) is 22.5 Å². The Bertz CT molecular complexity index is 1080. The van der Waals surface area contributed by atoms with Gasteiger partial charge in [0.05, 0.1) is 22.7 Å². The minimum atomic E-state index is -1.56. The number of benzene rings is 2. The number of nitrogens with one attached hydrogen (secondary N) is 2. The molecule has 0 amide bonds. The van der Waals surface area contributed by atoms with Crippen molar-refractivity contribution in [3.05, 3.63) is 75.5 Å². The minimum Gasteiger partial charge on any atom is -0.494 e. The van der Waals surface area contributed by atoms with Crippen molar-refractivity contribution in [3.8, 4) is 5.75 Å². The molecule has 3 rings (SSSR count). The Morgan fingerprint density at radius 3 is 2.46 bits per heavy atom. The summed E-state index contributed by atoms with van der Waals surface area (Å²) >= 11 is 6.34. The van der Waals surface area contributed by atoms with Crippen LogP contribution < -0.4 is 20.3 Å². The fraction of sp³-hybridized carbons (Fsp3) is 0.150. The number of anilines is 3. The number of methoxy groups -OCH3 is 1. The van der Waals surface area contributed by atoms with Crippen molar-refractivity contribution >= 4 is 39.8 Å². The van der Waals surface area contributed by atoms with Crippen molar-refractivity contribution < 1.29 is 8.95 Å². The lowest BCUT2D eigenvalue weighted by atomic mass is 10.2. The minimum absolute atomic E-state index is 0.276. The van der Waals surface area contributed by atoms with Crippen LogP contribution in [0.2, 0.25) is 5.02 Å². The Morgan fingerprint density at radius 1 is 1.11 bits per heavy atom. The van der Waals surface area contributed by atoms with Crippen LogP contribution in [0.1, 0.15) is 5.56 Å². The van der Waals surface area contributed by atoms with Crippen LogP contribution >= 0.6 is 11.6 Å². The van der Waals surface area contributed by atoms with Gasteiger partial charge in [-0.2, -0.15) is 0 Å². The Labute approximate surface area is 170 Å². The molecule has 146 valence electrons. The predicted molar refractivity (Wildman–Crippen MR) is 114 cm³/mol. The van der Waals surface area contributed by atoms with Crippen LogP contribution in [0.3, 0.4) is 0 Å². The molecule has 2 aromatic carbocycles. The van der Waals surface area contributed by atoms with E-state index in [1.165, 1.54) is 17.7 Å². The Morgan fingerprint density at radius 2 is 1.82 bits per heavy atom. The molecular weight excluding hydrogens is 398 g/mol. The summed E-state index contributed by atoms with van der Waals surface area (Å²) in [5.74, 6) is 0.664. The summed E-state index contributed by atoms with van der Waals surface area (Å²) in [5, 5.41) is 3.67. The lowest BCUT2D eigenvalue weighted by Gasteiger charge is -2.20. The zero-order chi connectivity index (χ0) is 20.3. The number of rotatable bonds is 6. The number of ether oxygens (including phenoxy) is 1. The first-order valence-electron chi connectivity index (χ1n) is 8.45. The molecule has 3 aromatic rings. The summed E-state index contributed by atoms with van der Waals surface area (Å²) < 4.78 is 22.5. The molecule has 0 aliphatic carbocycles. The fourth-order valence-corrected chi connectivity index (χ4v) is 3.81. The molecule has 0 saturated heterocycles. The van der Waals surface area contributed by atoms with Gasteiger partial charge in [0.25, 0.3) is 5.56 Å². The first-order valence-corrected chi connectivity index (χ1v) is 9.98.